The number of hydrogen-bond acceptors (Lipinski definition) is 5. The average Bonchev–Trinajstić information content (AvgIpc) is 2.33. The Balaban J connectivity index is 2.82. The zero-order chi connectivity index (χ0) is 13.7. The maximum atomic E-state index is 9.42. The van der Waals surface area contributed by atoms with Crippen LogP contribution in [0.4, 0.5) is 0 Å². The van der Waals surface area contributed by atoms with E-state index in [0.29, 0.717) is 5.16 Å². The van der Waals surface area contributed by atoms with Crippen LogP contribution in [-0.2, 0) is 0 Å². The number of nitrogens with two attached hydrogens (primary N) is 1. The van der Waals surface area contributed by atoms with Crippen LogP contribution in [0.2, 0.25) is 0 Å². The summed E-state index contributed by atoms with van der Waals surface area (Å²) in [5.74, 6) is 0. The first kappa shape index (κ1) is 15.4. The van der Waals surface area contributed by atoms with Crippen molar-refractivity contribution >= 4 is 11.8 Å². The van der Waals surface area contributed by atoms with Gasteiger partial charge in [-0.3, -0.25) is 0 Å². The average molecular weight is 269 g/mol. The van der Waals surface area contributed by atoms with E-state index in [1.165, 1.54) is 11.8 Å². The smallest absolute Gasteiger partial charge is 0.188 e. The van der Waals surface area contributed by atoms with Crippen LogP contribution < -0.4 is 5.73 Å². The lowest BCUT2D eigenvalue weighted by molar-refractivity contribution is 0.279. The summed E-state index contributed by atoms with van der Waals surface area (Å²) in [7, 11) is 0. The second kappa shape index (κ2) is 7.07. The van der Waals surface area contributed by atoms with Crippen LogP contribution in [0.25, 0.3) is 0 Å². The molecule has 0 aliphatic rings. The number of nitrogens with zero attached hydrogens (tertiary/aromatic N) is 2. The van der Waals surface area contributed by atoms with Crippen molar-refractivity contribution in [3.8, 4) is 0 Å². The SMILES string of the molecule is CCCC(N)C(CO)Sc1nc(C)c(C)c(C)n1. The van der Waals surface area contributed by atoms with Crippen LogP contribution in [0, 0.1) is 20.8 Å². The highest BCUT2D eigenvalue weighted by atomic mass is 32.2. The summed E-state index contributed by atoms with van der Waals surface area (Å²) in [6, 6.07) is -0.0180. The minimum absolute atomic E-state index is 0.0180. The lowest BCUT2D eigenvalue weighted by Crippen LogP contribution is -2.35. The van der Waals surface area contributed by atoms with Crippen molar-refractivity contribution < 1.29 is 5.11 Å². The highest BCUT2D eigenvalue weighted by Crippen LogP contribution is 2.24. The van der Waals surface area contributed by atoms with Gasteiger partial charge in [0.1, 0.15) is 0 Å². The molecule has 0 radical (unpaired) electrons. The van der Waals surface area contributed by atoms with Gasteiger partial charge in [0.25, 0.3) is 0 Å². The van der Waals surface area contributed by atoms with E-state index in [-0.39, 0.29) is 17.9 Å². The zero-order valence-electron chi connectivity index (χ0n) is 11.6. The van der Waals surface area contributed by atoms with Gasteiger partial charge in [-0.15, -0.1) is 0 Å². The number of aliphatic hydroxyl groups is 1. The van der Waals surface area contributed by atoms with Crippen molar-refractivity contribution in [2.75, 3.05) is 6.61 Å². The predicted octanol–water partition coefficient (Wildman–Crippen LogP) is 1.98. The van der Waals surface area contributed by atoms with Crippen molar-refractivity contribution in [2.24, 2.45) is 5.73 Å². The molecular weight excluding hydrogens is 246 g/mol. The van der Waals surface area contributed by atoms with E-state index in [9.17, 15) is 5.11 Å². The van der Waals surface area contributed by atoms with Crippen LogP contribution in [0.15, 0.2) is 5.16 Å². The van der Waals surface area contributed by atoms with Crippen LogP contribution in [0.1, 0.15) is 36.7 Å². The first-order valence-electron chi connectivity index (χ1n) is 6.34. The van der Waals surface area contributed by atoms with Crippen molar-refractivity contribution in [3.63, 3.8) is 0 Å². The fourth-order valence-electron chi connectivity index (χ4n) is 1.71. The summed E-state index contributed by atoms with van der Waals surface area (Å²) in [5, 5.41) is 10.1. The summed E-state index contributed by atoms with van der Waals surface area (Å²) in [6.45, 7) is 8.13. The molecule has 0 saturated heterocycles. The Morgan fingerprint density at radius 2 is 1.78 bits per heavy atom. The monoisotopic (exact) mass is 269 g/mol. The molecule has 4 nitrogen and oxygen atoms in total. The molecule has 3 N–H and O–H groups in total. The van der Waals surface area contributed by atoms with Gasteiger partial charge in [-0.25, -0.2) is 9.97 Å². The van der Waals surface area contributed by atoms with Gasteiger partial charge in [-0.1, -0.05) is 25.1 Å². The Kier molecular flexibility index (Phi) is 6.05. The highest BCUT2D eigenvalue weighted by Gasteiger charge is 2.19. The quantitative estimate of drug-likeness (QED) is 0.610. The number of rotatable bonds is 6. The fourth-order valence-corrected chi connectivity index (χ4v) is 2.74. The van der Waals surface area contributed by atoms with E-state index < -0.39 is 0 Å². The molecule has 5 heteroatoms. The van der Waals surface area contributed by atoms with Gasteiger partial charge in [0, 0.05) is 17.4 Å². The lowest BCUT2D eigenvalue weighted by atomic mass is 10.1. The molecule has 0 bridgehead atoms. The van der Waals surface area contributed by atoms with Crippen molar-refractivity contribution in [1.29, 1.82) is 0 Å². The maximum Gasteiger partial charge on any atom is 0.188 e. The minimum Gasteiger partial charge on any atom is -0.395 e. The third-order valence-electron chi connectivity index (χ3n) is 3.15. The van der Waals surface area contributed by atoms with E-state index >= 15 is 0 Å². The van der Waals surface area contributed by atoms with E-state index in [0.717, 1.165) is 29.8 Å². The molecule has 1 rings (SSSR count). The molecule has 0 spiro atoms. The molecule has 2 atom stereocenters. The summed E-state index contributed by atoms with van der Waals surface area (Å²) < 4.78 is 0. The number of thioether (sulfide) groups is 1. The fraction of sp³-hybridized carbons (Fsp3) is 0.692. The highest BCUT2D eigenvalue weighted by molar-refractivity contribution is 7.99. The van der Waals surface area contributed by atoms with Crippen molar-refractivity contribution in [3.05, 3.63) is 17.0 Å². The van der Waals surface area contributed by atoms with E-state index in [1.807, 2.05) is 20.8 Å². The van der Waals surface area contributed by atoms with Crippen LogP contribution in [0.3, 0.4) is 0 Å². The molecule has 1 aromatic heterocycles. The van der Waals surface area contributed by atoms with Crippen LogP contribution in [-0.4, -0.2) is 33.0 Å². The molecule has 0 aromatic carbocycles. The molecule has 1 heterocycles. The molecule has 2 unspecified atom stereocenters. The lowest BCUT2D eigenvalue weighted by Gasteiger charge is -2.20. The minimum atomic E-state index is -0.0357. The molecule has 102 valence electrons. The van der Waals surface area contributed by atoms with E-state index in [1.54, 1.807) is 0 Å². The first-order chi connectivity index (χ1) is 8.49. The molecule has 0 aliphatic carbocycles. The molecule has 1 aromatic rings. The number of hydrogen-bond donors (Lipinski definition) is 2. The number of aliphatic hydroxyl groups excluding tert-OH is 1. The largest absolute Gasteiger partial charge is 0.395 e. The van der Waals surface area contributed by atoms with Gasteiger partial charge in [-0.05, 0) is 32.8 Å². The Hall–Kier alpha value is -0.650. The maximum absolute atomic E-state index is 9.42. The Morgan fingerprint density at radius 3 is 2.22 bits per heavy atom. The van der Waals surface area contributed by atoms with Gasteiger partial charge >= 0.3 is 0 Å². The molecule has 18 heavy (non-hydrogen) atoms. The molecule has 0 fully saturated rings. The summed E-state index contributed by atoms with van der Waals surface area (Å²) in [4.78, 5) is 8.90. The predicted molar refractivity (Wildman–Crippen MR) is 75.9 cm³/mol. The molecule has 0 aliphatic heterocycles. The second-order valence-corrected chi connectivity index (χ2v) is 5.80. The molecule has 0 amide bonds. The normalized spacial score (nSPS) is 14.6. The van der Waals surface area contributed by atoms with E-state index in [4.69, 9.17) is 5.73 Å². The standard InChI is InChI=1S/C13H23N3OS/c1-5-6-11(14)12(7-17)18-13-15-9(3)8(2)10(4)16-13/h11-12,17H,5-7,14H2,1-4H3. The Bertz CT molecular complexity index is 375. The van der Waals surface area contributed by atoms with Gasteiger partial charge in [-0.2, -0.15) is 0 Å². The van der Waals surface area contributed by atoms with Crippen LogP contribution >= 0.6 is 11.8 Å². The second-order valence-electron chi connectivity index (χ2n) is 4.59. The summed E-state index contributed by atoms with van der Waals surface area (Å²) >= 11 is 1.48. The van der Waals surface area contributed by atoms with Gasteiger partial charge in [0.15, 0.2) is 5.16 Å². The topological polar surface area (TPSA) is 72.0 Å². The third kappa shape index (κ3) is 3.93. The number of aromatic nitrogens is 2. The van der Waals surface area contributed by atoms with Gasteiger partial charge in [0.2, 0.25) is 0 Å². The summed E-state index contributed by atoms with van der Waals surface area (Å²) in [6.07, 6.45) is 1.92. The molecular formula is C13H23N3OS. The van der Waals surface area contributed by atoms with Crippen LogP contribution in [0.5, 0.6) is 0 Å². The Labute approximate surface area is 113 Å². The third-order valence-corrected chi connectivity index (χ3v) is 4.34. The molecule has 0 saturated carbocycles. The Morgan fingerprint density at radius 1 is 1.22 bits per heavy atom. The van der Waals surface area contributed by atoms with Crippen molar-refractivity contribution in [1.82, 2.24) is 9.97 Å². The van der Waals surface area contributed by atoms with E-state index in [2.05, 4.69) is 16.9 Å². The first-order valence-corrected chi connectivity index (χ1v) is 7.22. The van der Waals surface area contributed by atoms with Crippen molar-refractivity contribution in [2.45, 2.75) is 57.0 Å². The zero-order valence-corrected chi connectivity index (χ0v) is 12.4. The van der Waals surface area contributed by atoms with Gasteiger partial charge in [0.05, 0.1) is 11.9 Å². The number of aryl methyl sites for hydroxylation is 2. The summed E-state index contributed by atoms with van der Waals surface area (Å²) in [5.41, 5.74) is 9.16. The van der Waals surface area contributed by atoms with Gasteiger partial charge < -0.3 is 10.8 Å².